The highest BCUT2D eigenvalue weighted by atomic mass is 35.5. The van der Waals surface area contributed by atoms with Gasteiger partial charge < -0.3 is 0 Å². The molecule has 1 N–H and O–H groups in total. The van der Waals surface area contributed by atoms with Crippen molar-refractivity contribution in [2.24, 2.45) is 5.10 Å². The molecule has 2 heterocycles. The molecule has 4 nitrogen and oxygen atoms in total. The minimum atomic E-state index is -4.48. The number of anilines is 1. The SMILES string of the molecule is FC(F)(F)c1cnc(NN=Cc2cccnc2)c(Cl)c1. The van der Waals surface area contributed by atoms with E-state index in [9.17, 15) is 13.2 Å². The Kier molecular flexibility index (Phi) is 4.19. The Morgan fingerprint density at radius 1 is 1.30 bits per heavy atom. The van der Waals surface area contributed by atoms with Gasteiger partial charge in [-0.1, -0.05) is 17.7 Å². The van der Waals surface area contributed by atoms with Crippen LogP contribution in [0.1, 0.15) is 11.1 Å². The van der Waals surface area contributed by atoms with Gasteiger partial charge in [-0.05, 0) is 12.1 Å². The Bertz CT molecular complexity index is 614. The van der Waals surface area contributed by atoms with Crippen molar-refractivity contribution in [1.29, 1.82) is 0 Å². The molecule has 0 aromatic carbocycles. The minimum absolute atomic E-state index is 0.0415. The lowest BCUT2D eigenvalue weighted by molar-refractivity contribution is -0.137. The van der Waals surface area contributed by atoms with Crippen molar-refractivity contribution in [3.8, 4) is 0 Å². The first-order chi connectivity index (χ1) is 9.47. The third kappa shape index (κ3) is 3.67. The number of nitrogens with one attached hydrogen (secondary N) is 1. The fraction of sp³-hybridized carbons (Fsp3) is 0.0833. The number of pyridine rings is 2. The van der Waals surface area contributed by atoms with E-state index in [0.29, 0.717) is 6.20 Å². The van der Waals surface area contributed by atoms with Crippen LogP contribution in [0.15, 0.2) is 41.9 Å². The molecule has 20 heavy (non-hydrogen) atoms. The standard InChI is InChI=1S/C12H8ClF3N4/c13-10-4-9(12(14,15)16)7-18-11(10)20-19-6-8-2-1-3-17-5-8/h1-7H,(H,18,20). The molecule has 0 saturated carbocycles. The second kappa shape index (κ2) is 5.87. The van der Waals surface area contributed by atoms with Gasteiger partial charge in [-0.3, -0.25) is 10.4 Å². The van der Waals surface area contributed by atoms with Gasteiger partial charge in [0.15, 0.2) is 5.82 Å². The van der Waals surface area contributed by atoms with E-state index < -0.39 is 11.7 Å². The smallest absolute Gasteiger partial charge is 0.264 e. The lowest BCUT2D eigenvalue weighted by atomic mass is 10.3. The summed E-state index contributed by atoms with van der Waals surface area (Å²) < 4.78 is 37.3. The fourth-order valence-electron chi connectivity index (χ4n) is 1.30. The Morgan fingerprint density at radius 2 is 2.10 bits per heavy atom. The first kappa shape index (κ1) is 14.3. The Morgan fingerprint density at radius 3 is 2.70 bits per heavy atom. The van der Waals surface area contributed by atoms with Crippen LogP contribution in [0.4, 0.5) is 19.0 Å². The average Bonchev–Trinajstić information content (AvgIpc) is 2.40. The zero-order valence-electron chi connectivity index (χ0n) is 9.89. The number of rotatable bonds is 3. The maximum Gasteiger partial charge on any atom is 0.417 e. The van der Waals surface area contributed by atoms with Gasteiger partial charge in [-0.15, -0.1) is 0 Å². The normalized spacial score (nSPS) is 11.8. The van der Waals surface area contributed by atoms with Gasteiger partial charge in [0, 0.05) is 24.2 Å². The molecule has 2 rings (SSSR count). The number of alkyl halides is 3. The van der Waals surface area contributed by atoms with Gasteiger partial charge in [-0.2, -0.15) is 18.3 Å². The minimum Gasteiger partial charge on any atom is -0.264 e. The van der Waals surface area contributed by atoms with Crippen LogP contribution in [0.3, 0.4) is 0 Å². The summed E-state index contributed by atoms with van der Waals surface area (Å²) in [6.45, 7) is 0. The van der Waals surface area contributed by atoms with Gasteiger partial charge in [0.2, 0.25) is 0 Å². The third-order valence-corrected chi connectivity index (χ3v) is 2.53. The van der Waals surface area contributed by atoms with Gasteiger partial charge >= 0.3 is 6.18 Å². The summed E-state index contributed by atoms with van der Waals surface area (Å²) in [6, 6.07) is 4.28. The van der Waals surface area contributed by atoms with E-state index in [-0.39, 0.29) is 10.8 Å². The molecule has 2 aromatic heterocycles. The molecular formula is C12H8ClF3N4. The van der Waals surface area contributed by atoms with Crippen LogP contribution in [-0.2, 0) is 6.18 Å². The summed E-state index contributed by atoms with van der Waals surface area (Å²) in [7, 11) is 0. The maximum absolute atomic E-state index is 12.4. The second-order valence-corrected chi connectivity index (χ2v) is 4.12. The summed E-state index contributed by atoms with van der Waals surface area (Å²) in [5, 5.41) is 3.66. The van der Waals surface area contributed by atoms with Crippen LogP contribution < -0.4 is 5.43 Å². The van der Waals surface area contributed by atoms with E-state index in [2.05, 4.69) is 20.5 Å². The molecule has 0 aliphatic carbocycles. The largest absolute Gasteiger partial charge is 0.417 e. The van der Waals surface area contributed by atoms with E-state index in [1.165, 1.54) is 6.21 Å². The zero-order valence-corrected chi connectivity index (χ0v) is 10.7. The number of nitrogens with zero attached hydrogens (tertiary/aromatic N) is 3. The lowest BCUT2D eigenvalue weighted by Gasteiger charge is -2.08. The Labute approximate surface area is 117 Å². The molecule has 0 saturated heterocycles. The molecule has 0 atom stereocenters. The monoisotopic (exact) mass is 300 g/mol. The van der Waals surface area contributed by atoms with Crippen molar-refractivity contribution in [1.82, 2.24) is 9.97 Å². The highest BCUT2D eigenvalue weighted by molar-refractivity contribution is 6.32. The number of hydrazone groups is 1. The van der Waals surface area contributed by atoms with Crippen LogP contribution in [0.5, 0.6) is 0 Å². The predicted molar refractivity (Wildman–Crippen MR) is 69.7 cm³/mol. The number of hydrogen-bond donors (Lipinski definition) is 1. The molecule has 104 valence electrons. The molecule has 0 amide bonds. The quantitative estimate of drug-likeness (QED) is 0.696. The maximum atomic E-state index is 12.4. The predicted octanol–water partition coefficient (Wildman–Crippen LogP) is 3.59. The van der Waals surface area contributed by atoms with Crippen LogP contribution in [0.25, 0.3) is 0 Å². The van der Waals surface area contributed by atoms with Crippen molar-refractivity contribution in [2.75, 3.05) is 5.43 Å². The highest BCUT2D eigenvalue weighted by Gasteiger charge is 2.31. The van der Waals surface area contributed by atoms with Crippen LogP contribution in [-0.4, -0.2) is 16.2 Å². The van der Waals surface area contributed by atoms with Crippen molar-refractivity contribution in [2.45, 2.75) is 6.18 Å². The number of hydrogen-bond acceptors (Lipinski definition) is 4. The molecule has 0 aliphatic heterocycles. The fourth-order valence-corrected chi connectivity index (χ4v) is 1.50. The van der Waals surface area contributed by atoms with E-state index in [4.69, 9.17) is 11.6 Å². The molecule has 2 aromatic rings. The topological polar surface area (TPSA) is 50.2 Å². The average molecular weight is 301 g/mol. The van der Waals surface area contributed by atoms with E-state index in [1.54, 1.807) is 24.5 Å². The summed E-state index contributed by atoms with van der Waals surface area (Å²) in [5.74, 6) is 0.0415. The van der Waals surface area contributed by atoms with E-state index in [1.807, 2.05) is 0 Å². The molecule has 0 aliphatic rings. The van der Waals surface area contributed by atoms with Gasteiger partial charge in [0.1, 0.15) is 0 Å². The lowest BCUT2D eigenvalue weighted by Crippen LogP contribution is -2.06. The second-order valence-electron chi connectivity index (χ2n) is 3.71. The first-order valence-corrected chi connectivity index (χ1v) is 5.76. The molecule has 8 heteroatoms. The van der Waals surface area contributed by atoms with Crippen molar-refractivity contribution in [3.63, 3.8) is 0 Å². The van der Waals surface area contributed by atoms with E-state index >= 15 is 0 Å². The van der Waals surface area contributed by atoms with Crippen LogP contribution in [0, 0.1) is 0 Å². The summed E-state index contributed by atoms with van der Waals surface area (Å²) in [6.07, 6.45) is 0.844. The first-order valence-electron chi connectivity index (χ1n) is 5.38. The zero-order chi connectivity index (χ0) is 14.6. The van der Waals surface area contributed by atoms with Crippen molar-refractivity contribution in [3.05, 3.63) is 52.9 Å². The third-order valence-electron chi connectivity index (χ3n) is 2.24. The summed E-state index contributed by atoms with van der Waals surface area (Å²) >= 11 is 5.71. The van der Waals surface area contributed by atoms with Crippen molar-refractivity contribution < 1.29 is 13.2 Å². The van der Waals surface area contributed by atoms with Gasteiger partial charge in [0.05, 0.1) is 16.8 Å². The molecule has 0 spiro atoms. The van der Waals surface area contributed by atoms with Crippen LogP contribution in [0.2, 0.25) is 5.02 Å². The highest BCUT2D eigenvalue weighted by Crippen LogP contribution is 2.32. The molecule has 0 bridgehead atoms. The Balaban J connectivity index is 2.09. The van der Waals surface area contributed by atoms with E-state index in [0.717, 1.165) is 11.6 Å². The Hall–Kier alpha value is -2.15. The molecule has 0 fully saturated rings. The van der Waals surface area contributed by atoms with Crippen molar-refractivity contribution >= 4 is 23.6 Å². The van der Waals surface area contributed by atoms with Gasteiger partial charge in [0.25, 0.3) is 0 Å². The summed E-state index contributed by atoms with van der Waals surface area (Å²) in [5.41, 5.74) is 2.28. The molecule has 0 unspecified atom stereocenters. The number of halogens is 4. The molecular weight excluding hydrogens is 293 g/mol. The molecule has 0 radical (unpaired) electrons. The summed E-state index contributed by atoms with van der Waals surface area (Å²) in [4.78, 5) is 7.46. The van der Waals surface area contributed by atoms with Gasteiger partial charge in [-0.25, -0.2) is 4.98 Å². The number of aromatic nitrogens is 2. The van der Waals surface area contributed by atoms with Crippen LogP contribution >= 0.6 is 11.6 Å².